The van der Waals surface area contributed by atoms with Crippen LogP contribution in [0.3, 0.4) is 0 Å². The van der Waals surface area contributed by atoms with Crippen LogP contribution in [0.15, 0.2) is 35.2 Å². The van der Waals surface area contributed by atoms with E-state index in [2.05, 4.69) is 5.32 Å². The minimum atomic E-state index is -3.49. The zero-order chi connectivity index (χ0) is 18.7. The van der Waals surface area contributed by atoms with Crippen LogP contribution >= 0.6 is 0 Å². The number of carbonyl (C=O) groups is 2. The zero-order valence-electron chi connectivity index (χ0n) is 14.5. The van der Waals surface area contributed by atoms with E-state index in [0.29, 0.717) is 45.2 Å². The molecule has 2 N–H and O–H groups in total. The highest BCUT2D eigenvalue weighted by atomic mass is 32.2. The molecule has 0 bridgehead atoms. The maximum Gasteiger partial charge on any atom is 0.306 e. The van der Waals surface area contributed by atoms with Crippen molar-refractivity contribution in [2.24, 2.45) is 11.8 Å². The average molecular weight is 380 g/mol. The van der Waals surface area contributed by atoms with Crippen LogP contribution in [-0.4, -0.2) is 48.8 Å². The Morgan fingerprint density at radius 1 is 1.00 bits per heavy atom. The van der Waals surface area contributed by atoms with Gasteiger partial charge in [0.15, 0.2) is 0 Å². The number of sulfonamides is 1. The van der Waals surface area contributed by atoms with E-state index in [9.17, 15) is 18.0 Å². The van der Waals surface area contributed by atoms with Gasteiger partial charge in [0.1, 0.15) is 0 Å². The van der Waals surface area contributed by atoms with Crippen LogP contribution < -0.4 is 5.32 Å². The van der Waals surface area contributed by atoms with Gasteiger partial charge in [0, 0.05) is 25.0 Å². The lowest BCUT2D eigenvalue weighted by atomic mass is 10.0. The lowest BCUT2D eigenvalue weighted by molar-refractivity contribution is -0.141. The van der Waals surface area contributed by atoms with Crippen molar-refractivity contribution in [2.45, 2.75) is 43.0 Å². The summed E-state index contributed by atoms with van der Waals surface area (Å²) in [6, 6.07) is 8.29. The number of hydrogen-bond donors (Lipinski definition) is 2. The number of aliphatic carboxylic acids is 1. The summed E-state index contributed by atoms with van der Waals surface area (Å²) in [4.78, 5) is 23.6. The number of rotatable bonds is 5. The first-order valence-electron chi connectivity index (χ1n) is 8.96. The van der Waals surface area contributed by atoms with E-state index >= 15 is 0 Å². The van der Waals surface area contributed by atoms with Gasteiger partial charge < -0.3 is 10.4 Å². The summed E-state index contributed by atoms with van der Waals surface area (Å²) in [6.45, 7) is 0.731. The monoisotopic (exact) mass is 380 g/mol. The summed E-state index contributed by atoms with van der Waals surface area (Å²) in [5.74, 6) is -1.61. The molecule has 0 spiro atoms. The number of carbonyl (C=O) groups excluding carboxylic acids is 1. The molecule has 0 unspecified atom stereocenters. The van der Waals surface area contributed by atoms with Gasteiger partial charge in [0.2, 0.25) is 15.9 Å². The molecule has 1 saturated heterocycles. The highest BCUT2D eigenvalue weighted by Crippen LogP contribution is 2.31. The average Bonchev–Trinajstić information content (AvgIpc) is 3.13. The minimum Gasteiger partial charge on any atom is -0.481 e. The minimum absolute atomic E-state index is 0.0615. The standard InChI is InChI=1S/C18H24N2O5S/c21-17(13-6-7-14(12-13)18(22)23)19-15-8-10-20(11-9-15)26(24,25)16-4-2-1-3-5-16/h1-5,13-15H,6-12H2,(H,19,21)(H,22,23)/t13-,14+/m0/s1. The number of nitrogens with one attached hydrogen (secondary N) is 1. The SMILES string of the molecule is O=C(O)[C@@H]1CC[C@H](C(=O)NC2CCN(S(=O)(=O)c3ccccc3)CC2)C1. The van der Waals surface area contributed by atoms with E-state index < -0.39 is 21.9 Å². The Balaban J connectivity index is 1.51. The molecule has 1 aromatic rings. The van der Waals surface area contributed by atoms with Crippen molar-refractivity contribution in [1.29, 1.82) is 0 Å². The summed E-state index contributed by atoms with van der Waals surface area (Å²) in [6.07, 6.45) is 2.66. The first-order chi connectivity index (χ1) is 12.4. The Labute approximate surface area is 153 Å². The Kier molecular flexibility index (Phi) is 5.62. The fraction of sp³-hybridized carbons (Fsp3) is 0.556. The lowest BCUT2D eigenvalue weighted by Crippen LogP contribution is -2.47. The van der Waals surface area contributed by atoms with Gasteiger partial charge in [-0.05, 0) is 44.2 Å². The molecule has 1 saturated carbocycles. The molecule has 1 amide bonds. The Hall–Kier alpha value is -1.93. The van der Waals surface area contributed by atoms with Crippen LogP contribution in [0.1, 0.15) is 32.1 Å². The van der Waals surface area contributed by atoms with E-state index in [1.54, 1.807) is 30.3 Å². The quantitative estimate of drug-likeness (QED) is 0.805. The third-order valence-corrected chi connectivity index (χ3v) is 7.25. The Bertz CT molecular complexity index is 757. The van der Waals surface area contributed by atoms with Crippen molar-refractivity contribution in [2.75, 3.05) is 13.1 Å². The van der Waals surface area contributed by atoms with Crippen LogP contribution in [0.5, 0.6) is 0 Å². The van der Waals surface area contributed by atoms with Crippen molar-refractivity contribution in [3.8, 4) is 0 Å². The van der Waals surface area contributed by atoms with Crippen molar-refractivity contribution >= 4 is 21.9 Å². The molecule has 142 valence electrons. The molecular formula is C18H24N2O5S. The summed E-state index contributed by atoms with van der Waals surface area (Å²) in [5.41, 5.74) is 0. The number of carboxylic acid groups (broad SMARTS) is 1. The molecule has 1 heterocycles. The van der Waals surface area contributed by atoms with E-state index in [4.69, 9.17) is 5.11 Å². The van der Waals surface area contributed by atoms with Gasteiger partial charge in [-0.3, -0.25) is 9.59 Å². The maximum absolute atomic E-state index is 12.6. The number of piperidine rings is 1. The smallest absolute Gasteiger partial charge is 0.306 e. The molecule has 1 aliphatic heterocycles. The van der Waals surface area contributed by atoms with Gasteiger partial charge >= 0.3 is 5.97 Å². The number of carboxylic acids is 1. The Morgan fingerprint density at radius 3 is 2.19 bits per heavy atom. The number of amides is 1. The van der Waals surface area contributed by atoms with Crippen LogP contribution in [0.2, 0.25) is 0 Å². The summed E-state index contributed by atoms with van der Waals surface area (Å²) < 4.78 is 26.7. The van der Waals surface area contributed by atoms with Gasteiger partial charge in [-0.2, -0.15) is 4.31 Å². The molecule has 3 rings (SSSR count). The van der Waals surface area contributed by atoms with Crippen molar-refractivity contribution in [1.82, 2.24) is 9.62 Å². The predicted octanol–water partition coefficient (Wildman–Crippen LogP) is 1.46. The lowest BCUT2D eigenvalue weighted by Gasteiger charge is -2.32. The largest absolute Gasteiger partial charge is 0.481 e. The van der Waals surface area contributed by atoms with Crippen molar-refractivity contribution in [3.05, 3.63) is 30.3 Å². The Morgan fingerprint density at radius 2 is 1.62 bits per heavy atom. The van der Waals surface area contributed by atoms with E-state index in [0.717, 1.165) is 0 Å². The summed E-state index contributed by atoms with van der Waals surface area (Å²) in [5, 5.41) is 12.0. The highest BCUT2D eigenvalue weighted by Gasteiger charge is 2.35. The molecule has 2 fully saturated rings. The maximum atomic E-state index is 12.6. The molecule has 2 atom stereocenters. The second-order valence-electron chi connectivity index (χ2n) is 7.05. The first-order valence-corrected chi connectivity index (χ1v) is 10.4. The third-order valence-electron chi connectivity index (χ3n) is 5.33. The van der Waals surface area contributed by atoms with E-state index in [1.165, 1.54) is 4.31 Å². The summed E-state index contributed by atoms with van der Waals surface area (Å²) >= 11 is 0. The number of benzene rings is 1. The van der Waals surface area contributed by atoms with Gasteiger partial charge in [0.25, 0.3) is 0 Å². The second-order valence-corrected chi connectivity index (χ2v) is 8.98. The molecule has 2 aliphatic rings. The normalized spacial score (nSPS) is 25.1. The van der Waals surface area contributed by atoms with Crippen LogP contribution in [0.25, 0.3) is 0 Å². The molecule has 8 heteroatoms. The highest BCUT2D eigenvalue weighted by molar-refractivity contribution is 7.89. The van der Waals surface area contributed by atoms with Gasteiger partial charge in [-0.1, -0.05) is 18.2 Å². The zero-order valence-corrected chi connectivity index (χ0v) is 15.3. The van der Waals surface area contributed by atoms with Crippen molar-refractivity contribution in [3.63, 3.8) is 0 Å². The topological polar surface area (TPSA) is 104 Å². The van der Waals surface area contributed by atoms with Gasteiger partial charge in [0.05, 0.1) is 10.8 Å². The van der Waals surface area contributed by atoms with Crippen LogP contribution in [0.4, 0.5) is 0 Å². The second kappa shape index (κ2) is 7.75. The fourth-order valence-electron chi connectivity index (χ4n) is 3.75. The number of hydrogen-bond acceptors (Lipinski definition) is 4. The predicted molar refractivity (Wildman–Crippen MR) is 94.8 cm³/mol. The van der Waals surface area contributed by atoms with E-state index in [1.807, 2.05) is 0 Å². The molecule has 0 aromatic heterocycles. The molecule has 1 aromatic carbocycles. The molecule has 7 nitrogen and oxygen atoms in total. The first kappa shape index (κ1) is 18.8. The van der Waals surface area contributed by atoms with Gasteiger partial charge in [-0.25, -0.2) is 8.42 Å². The molecule has 1 aliphatic carbocycles. The molecule has 26 heavy (non-hydrogen) atoms. The number of nitrogens with zero attached hydrogens (tertiary/aromatic N) is 1. The van der Waals surface area contributed by atoms with Crippen molar-refractivity contribution < 1.29 is 23.1 Å². The third kappa shape index (κ3) is 4.07. The van der Waals surface area contributed by atoms with Crippen LogP contribution in [-0.2, 0) is 19.6 Å². The van der Waals surface area contributed by atoms with Gasteiger partial charge in [-0.15, -0.1) is 0 Å². The summed E-state index contributed by atoms with van der Waals surface area (Å²) in [7, 11) is -3.49. The molecule has 0 radical (unpaired) electrons. The van der Waals surface area contributed by atoms with Crippen LogP contribution in [0, 0.1) is 11.8 Å². The molecular weight excluding hydrogens is 356 g/mol. The van der Waals surface area contributed by atoms with E-state index in [-0.39, 0.29) is 22.8 Å². The fourth-order valence-corrected chi connectivity index (χ4v) is 5.24.